The second-order valence-corrected chi connectivity index (χ2v) is 5.67. The summed E-state index contributed by atoms with van der Waals surface area (Å²) in [7, 11) is 0. The van der Waals surface area contributed by atoms with Crippen molar-refractivity contribution in [2.24, 2.45) is 0 Å². The molecule has 0 radical (unpaired) electrons. The third kappa shape index (κ3) is 3.83. The van der Waals surface area contributed by atoms with Gasteiger partial charge >= 0.3 is 0 Å². The normalized spacial score (nSPS) is 11.3. The van der Waals surface area contributed by atoms with Crippen molar-refractivity contribution >= 4 is 11.0 Å². The molecule has 0 unspecified atom stereocenters. The molecule has 3 nitrogen and oxygen atoms in total. The van der Waals surface area contributed by atoms with Gasteiger partial charge < -0.3 is 9.88 Å². The summed E-state index contributed by atoms with van der Waals surface area (Å²) in [5.74, 6) is 0. The summed E-state index contributed by atoms with van der Waals surface area (Å²) < 4.78 is 2.25. The van der Waals surface area contributed by atoms with Crippen LogP contribution in [-0.2, 0) is 6.54 Å². The molecular formula is C17H27N3. The molecule has 3 heteroatoms. The van der Waals surface area contributed by atoms with E-state index in [-0.39, 0.29) is 0 Å². The molecule has 0 spiro atoms. The predicted octanol–water partition coefficient (Wildman–Crippen LogP) is 3.82. The number of aryl methyl sites for hydroxylation is 2. The SMILES string of the molecule is CCCCCCNCCn1cnc2cc(C)c(C)cc21. The van der Waals surface area contributed by atoms with E-state index in [2.05, 4.69) is 47.8 Å². The lowest BCUT2D eigenvalue weighted by molar-refractivity contribution is 0.566. The van der Waals surface area contributed by atoms with Gasteiger partial charge in [-0.25, -0.2) is 4.98 Å². The van der Waals surface area contributed by atoms with E-state index in [0.717, 1.165) is 25.2 Å². The van der Waals surface area contributed by atoms with Crippen LogP contribution in [0.4, 0.5) is 0 Å². The van der Waals surface area contributed by atoms with Crippen LogP contribution >= 0.6 is 0 Å². The van der Waals surface area contributed by atoms with Crippen molar-refractivity contribution < 1.29 is 0 Å². The van der Waals surface area contributed by atoms with Crippen LogP contribution in [0.1, 0.15) is 43.7 Å². The first kappa shape index (κ1) is 15.0. The fourth-order valence-electron chi connectivity index (χ4n) is 2.49. The number of hydrogen-bond acceptors (Lipinski definition) is 2. The molecule has 0 aliphatic rings. The van der Waals surface area contributed by atoms with Crippen LogP contribution in [0.15, 0.2) is 18.5 Å². The summed E-state index contributed by atoms with van der Waals surface area (Å²) in [6, 6.07) is 4.43. The molecule has 20 heavy (non-hydrogen) atoms. The Morgan fingerprint density at radius 1 is 1.05 bits per heavy atom. The standard InChI is InChI=1S/C17H27N3/c1-4-5-6-7-8-18-9-10-20-13-19-16-11-14(2)15(3)12-17(16)20/h11-13,18H,4-10H2,1-3H3. The molecule has 0 aliphatic carbocycles. The van der Waals surface area contributed by atoms with Gasteiger partial charge in [-0.1, -0.05) is 26.2 Å². The third-order valence-electron chi connectivity index (χ3n) is 3.97. The second kappa shape index (κ2) is 7.44. The number of unbranched alkanes of at least 4 members (excludes halogenated alkanes) is 3. The highest BCUT2D eigenvalue weighted by Gasteiger charge is 2.04. The Morgan fingerprint density at radius 2 is 1.85 bits per heavy atom. The number of rotatable bonds is 8. The summed E-state index contributed by atoms with van der Waals surface area (Å²) >= 11 is 0. The quantitative estimate of drug-likeness (QED) is 0.741. The Bertz CT molecular complexity index is 542. The number of imidazole rings is 1. The van der Waals surface area contributed by atoms with Gasteiger partial charge in [0.25, 0.3) is 0 Å². The first-order valence-electron chi connectivity index (χ1n) is 7.85. The van der Waals surface area contributed by atoms with Crippen LogP contribution in [0, 0.1) is 13.8 Å². The van der Waals surface area contributed by atoms with Crippen LogP contribution in [0.5, 0.6) is 0 Å². The number of fused-ring (bicyclic) bond motifs is 1. The topological polar surface area (TPSA) is 29.9 Å². The van der Waals surface area contributed by atoms with Crippen LogP contribution in [0.2, 0.25) is 0 Å². The van der Waals surface area contributed by atoms with Crippen LogP contribution in [-0.4, -0.2) is 22.6 Å². The van der Waals surface area contributed by atoms with Gasteiger partial charge in [-0.05, 0) is 50.1 Å². The summed E-state index contributed by atoms with van der Waals surface area (Å²) in [5.41, 5.74) is 5.01. The highest BCUT2D eigenvalue weighted by Crippen LogP contribution is 2.18. The maximum atomic E-state index is 4.50. The molecule has 1 aromatic carbocycles. The van der Waals surface area contributed by atoms with Crippen molar-refractivity contribution in [2.75, 3.05) is 13.1 Å². The lowest BCUT2D eigenvalue weighted by atomic mass is 10.1. The second-order valence-electron chi connectivity index (χ2n) is 5.67. The molecule has 2 aromatic rings. The van der Waals surface area contributed by atoms with E-state index in [1.54, 1.807) is 0 Å². The summed E-state index contributed by atoms with van der Waals surface area (Å²) in [5, 5.41) is 3.52. The smallest absolute Gasteiger partial charge is 0.0958 e. The first-order valence-corrected chi connectivity index (χ1v) is 7.85. The molecule has 0 fully saturated rings. The molecule has 110 valence electrons. The van der Waals surface area contributed by atoms with Gasteiger partial charge in [0, 0.05) is 13.1 Å². The van der Waals surface area contributed by atoms with Gasteiger partial charge in [0.1, 0.15) is 0 Å². The Kier molecular flexibility index (Phi) is 5.60. The molecule has 0 saturated heterocycles. The average Bonchev–Trinajstić information content (AvgIpc) is 2.81. The van der Waals surface area contributed by atoms with E-state index in [1.807, 2.05) is 6.33 Å². The third-order valence-corrected chi connectivity index (χ3v) is 3.97. The molecular weight excluding hydrogens is 246 g/mol. The zero-order valence-corrected chi connectivity index (χ0v) is 13.1. The lowest BCUT2D eigenvalue weighted by Crippen LogP contribution is -2.20. The summed E-state index contributed by atoms with van der Waals surface area (Å²) in [4.78, 5) is 4.50. The molecule has 0 bridgehead atoms. The molecule has 2 rings (SSSR count). The zero-order chi connectivity index (χ0) is 14.4. The first-order chi connectivity index (χ1) is 9.72. The minimum absolute atomic E-state index is 0.993. The number of hydrogen-bond donors (Lipinski definition) is 1. The number of nitrogens with zero attached hydrogens (tertiary/aromatic N) is 2. The summed E-state index contributed by atoms with van der Waals surface area (Å²) in [6.45, 7) is 9.70. The Morgan fingerprint density at radius 3 is 2.65 bits per heavy atom. The van der Waals surface area contributed by atoms with E-state index in [1.165, 1.54) is 42.3 Å². The van der Waals surface area contributed by atoms with E-state index in [4.69, 9.17) is 0 Å². The monoisotopic (exact) mass is 273 g/mol. The largest absolute Gasteiger partial charge is 0.329 e. The predicted molar refractivity (Wildman–Crippen MR) is 86.2 cm³/mol. The van der Waals surface area contributed by atoms with E-state index < -0.39 is 0 Å². The number of nitrogens with one attached hydrogen (secondary N) is 1. The highest BCUT2D eigenvalue weighted by molar-refractivity contribution is 5.77. The lowest BCUT2D eigenvalue weighted by Gasteiger charge is -2.07. The highest BCUT2D eigenvalue weighted by atomic mass is 15.1. The van der Waals surface area contributed by atoms with Crippen molar-refractivity contribution in [1.29, 1.82) is 0 Å². The molecule has 1 heterocycles. The van der Waals surface area contributed by atoms with Crippen LogP contribution in [0.25, 0.3) is 11.0 Å². The van der Waals surface area contributed by atoms with Crippen LogP contribution in [0.3, 0.4) is 0 Å². The van der Waals surface area contributed by atoms with Crippen molar-refractivity contribution in [3.63, 3.8) is 0 Å². The molecule has 0 aliphatic heterocycles. The molecule has 0 saturated carbocycles. The van der Waals surface area contributed by atoms with E-state index in [0.29, 0.717) is 0 Å². The number of aromatic nitrogens is 2. The molecule has 0 atom stereocenters. The van der Waals surface area contributed by atoms with Crippen molar-refractivity contribution in [3.05, 3.63) is 29.6 Å². The van der Waals surface area contributed by atoms with Gasteiger partial charge in [0.15, 0.2) is 0 Å². The fourth-order valence-corrected chi connectivity index (χ4v) is 2.49. The maximum absolute atomic E-state index is 4.50. The minimum atomic E-state index is 0.993. The van der Waals surface area contributed by atoms with E-state index >= 15 is 0 Å². The average molecular weight is 273 g/mol. The zero-order valence-electron chi connectivity index (χ0n) is 13.1. The van der Waals surface area contributed by atoms with Gasteiger partial charge in [-0.15, -0.1) is 0 Å². The Hall–Kier alpha value is -1.35. The molecule has 1 aromatic heterocycles. The number of benzene rings is 1. The minimum Gasteiger partial charge on any atom is -0.329 e. The van der Waals surface area contributed by atoms with Gasteiger partial charge in [0.2, 0.25) is 0 Å². The van der Waals surface area contributed by atoms with Crippen LogP contribution < -0.4 is 5.32 Å². The summed E-state index contributed by atoms with van der Waals surface area (Å²) in [6.07, 6.45) is 7.25. The van der Waals surface area contributed by atoms with Crippen molar-refractivity contribution in [2.45, 2.75) is 53.0 Å². The fraction of sp³-hybridized carbons (Fsp3) is 0.588. The Labute approximate surface area is 122 Å². The maximum Gasteiger partial charge on any atom is 0.0958 e. The molecule has 0 amide bonds. The molecule has 1 N–H and O–H groups in total. The van der Waals surface area contributed by atoms with Gasteiger partial charge in [-0.2, -0.15) is 0 Å². The van der Waals surface area contributed by atoms with E-state index in [9.17, 15) is 0 Å². The Balaban J connectivity index is 1.83. The van der Waals surface area contributed by atoms with Crippen molar-refractivity contribution in [1.82, 2.24) is 14.9 Å². The van der Waals surface area contributed by atoms with Gasteiger partial charge in [0.05, 0.1) is 17.4 Å². The van der Waals surface area contributed by atoms with Gasteiger partial charge in [-0.3, -0.25) is 0 Å². The van der Waals surface area contributed by atoms with Crippen molar-refractivity contribution in [3.8, 4) is 0 Å².